The molecule has 37 heavy (non-hydrogen) atoms. The first-order chi connectivity index (χ1) is 18.1. The van der Waals surface area contributed by atoms with Crippen molar-refractivity contribution in [1.82, 2.24) is 15.2 Å². The maximum Gasteiger partial charge on any atom is 0.305 e. The number of amides is 1. The molecule has 8 heteroatoms. The van der Waals surface area contributed by atoms with Gasteiger partial charge in [0.15, 0.2) is 0 Å². The van der Waals surface area contributed by atoms with Crippen LogP contribution in [0.25, 0.3) is 0 Å². The van der Waals surface area contributed by atoms with E-state index in [1.165, 1.54) is 5.56 Å². The third-order valence-corrected chi connectivity index (χ3v) is 7.80. The number of anilines is 1. The van der Waals surface area contributed by atoms with Gasteiger partial charge >= 0.3 is 5.97 Å². The number of carboxylic acid groups (broad SMARTS) is 1. The Balaban J connectivity index is 1.17. The number of aryl methyl sites for hydroxylation is 2. The molecule has 198 valence electrons. The Morgan fingerprint density at radius 1 is 1.19 bits per heavy atom. The van der Waals surface area contributed by atoms with Gasteiger partial charge in [0.2, 0.25) is 5.91 Å². The Hall–Kier alpha value is -3.13. The van der Waals surface area contributed by atoms with Crippen LogP contribution in [-0.4, -0.2) is 59.7 Å². The summed E-state index contributed by atoms with van der Waals surface area (Å²) in [6, 6.07) is 9.53. The van der Waals surface area contributed by atoms with Crippen LogP contribution in [0.4, 0.5) is 5.82 Å². The summed E-state index contributed by atoms with van der Waals surface area (Å²) in [6.07, 6.45) is 7.57. The van der Waals surface area contributed by atoms with Crippen LogP contribution in [0, 0.1) is 5.92 Å². The van der Waals surface area contributed by atoms with Gasteiger partial charge in [0.1, 0.15) is 11.6 Å². The molecule has 3 aliphatic heterocycles. The molecule has 1 amide bonds. The van der Waals surface area contributed by atoms with Gasteiger partial charge < -0.3 is 25.4 Å². The number of piperidine rings is 1. The highest BCUT2D eigenvalue weighted by Crippen LogP contribution is 2.33. The minimum Gasteiger partial charge on any atom is -0.493 e. The van der Waals surface area contributed by atoms with Crippen LogP contribution in [0.5, 0.6) is 5.75 Å². The summed E-state index contributed by atoms with van der Waals surface area (Å²) in [7, 11) is 0. The van der Waals surface area contributed by atoms with E-state index < -0.39 is 12.0 Å². The summed E-state index contributed by atoms with van der Waals surface area (Å²) in [6.45, 7) is 4.29. The quantitative estimate of drug-likeness (QED) is 0.476. The number of likely N-dealkylation sites (tertiary alicyclic amines) is 1. The van der Waals surface area contributed by atoms with Crippen molar-refractivity contribution in [2.45, 2.75) is 63.8 Å². The summed E-state index contributed by atoms with van der Waals surface area (Å²) in [5, 5.41) is 16.1. The zero-order valence-electron chi connectivity index (χ0n) is 21.5. The lowest BCUT2D eigenvalue weighted by molar-refractivity contribution is -0.138. The second-order valence-electron chi connectivity index (χ2n) is 10.5. The molecule has 0 radical (unpaired) electrons. The van der Waals surface area contributed by atoms with Gasteiger partial charge in [-0.25, -0.2) is 4.98 Å². The molecule has 0 unspecified atom stereocenters. The van der Waals surface area contributed by atoms with E-state index in [1.54, 1.807) is 0 Å². The molecule has 1 saturated heterocycles. The lowest BCUT2D eigenvalue weighted by atomic mass is 9.91. The van der Waals surface area contributed by atoms with Gasteiger partial charge in [-0.1, -0.05) is 18.2 Å². The van der Waals surface area contributed by atoms with Gasteiger partial charge in [0, 0.05) is 18.8 Å². The number of aromatic nitrogens is 1. The van der Waals surface area contributed by atoms with Crippen molar-refractivity contribution in [1.29, 1.82) is 0 Å². The van der Waals surface area contributed by atoms with Gasteiger partial charge in [-0.05, 0) is 93.3 Å². The number of ether oxygens (including phenoxy) is 1. The highest BCUT2D eigenvalue weighted by Gasteiger charge is 2.30. The fourth-order valence-electron chi connectivity index (χ4n) is 5.91. The van der Waals surface area contributed by atoms with Crippen molar-refractivity contribution in [3.63, 3.8) is 0 Å². The molecule has 2 aromatic rings. The number of pyridine rings is 1. The largest absolute Gasteiger partial charge is 0.493 e. The van der Waals surface area contributed by atoms with E-state index in [0.717, 1.165) is 99.4 Å². The molecule has 1 aromatic heterocycles. The average Bonchev–Trinajstić information content (AvgIpc) is 2.92. The van der Waals surface area contributed by atoms with Gasteiger partial charge in [-0.3, -0.25) is 9.59 Å². The molecule has 0 aliphatic carbocycles. The van der Waals surface area contributed by atoms with Gasteiger partial charge in [-0.15, -0.1) is 0 Å². The number of aliphatic carboxylic acids is 1. The predicted molar refractivity (Wildman–Crippen MR) is 142 cm³/mol. The molecule has 5 rings (SSSR count). The first-order valence-electron chi connectivity index (χ1n) is 13.8. The zero-order chi connectivity index (χ0) is 25.6. The van der Waals surface area contributed by atoms with E-state index in [-0.39, 0.29) is 18.2 Å². The number of nitrogens with one attached hydrogen (secondary N) is 2. The predicted octanol–water partition coefficient (Wildman–Crippen LogP) is 3.74. The van der Waals surface area contributed by atoms with Gasteiger partial charge in [-0.2, -0.15) is 0 Å². The zero-order valence-corrected chi connectivity index (χ0v) is 21.5. The van der Waals surface area contributed by atoms with Crippen LogP contribution < -0.4 is 15.4 Å². The molecule has 2 atom stereocenters. The molecule has 4 heterocycles. The maximum atomic E-state index is 13.3. The number of rotatable bonds is 9. The van der Waals surface area contributed by atoms with Crippen LogP contribution in [0.15, 0.2) is 30.3 Å². The normalized spacial score (nSPS) is 20.1. The smallest absolute Gasteiger partial charge is 0.305 e. The number of hydrogen-bond acceptors (Lipinski definition) is 6. The van der Waals surface area contributed by atoms with E-state index >= 15 is 0 Å². The van der Waals surface area contributed by atoms with Gasteiger partial charge in [0.05, 0.1) is 25.0 Å². The SMILES string of the molecule is O=C(O)C[C@H](NC(=O)[C@@H]1CCCN(CCCc2ccc3c(n2)NCCC3)C1)c1cccc2c1CCCO2. The first-order valence-corrected chi connectivity index (χ1v) is 13.8. The van der Waals surface area contributed by atoms with Crippen LogP contribution in [0.3, 0.4) is 0 Å². The van der Waals surface area contributed by atoms with Crippen LogP contribution in [0.2, 0.25) is 0 Å². The average molecular weight is 507 g/mol. The Bertz CT molecular complexity index is 1120. The van der Waals surface area contributed by atoms with Crippen LogP contribution in [-0.2, 0) is 28.9 Å². The minimum atomic E-state index is -0.920. The molecule has 1 aromatic carbocycles. The minimum absolute atomic E-state index is 0.0484. The van der Waals surface area contributed by atoms with Crippen molar-refractivity contribution < 1.29 is 19.4 Å². The second kappa shape index (κ2) is 11.9. The van der Waals surface area contributed by atoms with Crippen molar-refractivity contribution in [2.75, 3.05) is 38.1 Å². The van der Waals surface area contributed by atoms with Crippen molar-refractivity contribution in [3.05, 3.63) is 52.7 Å². The van der Waals surface area contributed by atoms with Crippen molar-refractivity contribution >= 4 is 17.7 Å². The van der Waals surface area contributed by atoms with Crippen molar-refractivity contribution in [2.24, 2.45) is 5.92 Å². The number of carboxylic acids is 1. The topological polar surface area (TPSA) is 104 Å². The third kappa shape index (κ3) is 6.42. The fraction of sp³-hybridized carbons (Fsp3) is 0.552. The molecule has 8 nitrogen and oxygen atoms in total. The lowest BCUT2D eigenvalue weighted by Crippen LogP contribution is -2.44. The highest BCUT2D eigenvalue weighted by molar-refractivity contribution is 5.80. The number of fused-ring (bicyclic) bond motifs is 2. The fourth-order valence-corrected chi connectivity index (χ4v) is 5.91. The molecule has 3 aliphatic rings. The number of carbonyl (C=O) groups excluding carboxylic acids is 1. The van der Waals surface area contributed by atoms with E-state index in [4.69, 9.17) is 9.72 Å². The highest BCUT2D eigenvalue weighted by atomic mass is 16.5. The molecule has 0 saturated carbocycles. The van der Waals surface area contributed by atoms with Crippen LogP contribution in [0.1, 0.15) is 67.0 Å². The summed E-state index contributed by atoms with van der Waals surface area (Å²) >= 11 is 0. The monoisotopic (exact) mass is 506 g/mol. The van der Waals surface area contributed by atoms with Gasteiger partial charge in [0.25, 0.3) is 0 Å². The van der Waals surface area contributed by atoms with Crippen molar-refractivity contribution in [3.8, 4) is 5.75 Å². The van der Waals surface area contributed by atoms with E-state index in [0.29, 0.717) is 13.2 Å². The first kappa shape index (κ1) is 25.5. The number of hydrogen-bond donors (Lipinski definition) is 3. The Labute approximate surface area is 218 Å². The van der Waals surface area contributed by atoms with Crippen LogP contribution >= 0.6 is 0 Å². The third-order valence-electron chi connectivity index (χ3n) is 7.80. The summed E-state index contributed by atoms with van der Waals surface area (Å²) in [5.41, 5.74) is 4.32. The molecule has 0 bridgehead atoms. The molecule has 3 N–H and O–H groups in total. The standard InChI is InChI=1S/C29H38N4O4/c34-27(35)18-25(23-9-1-11-26-24(23)10-5-17-37-26)32-29(36)21-7-3-15-33(19-21)16-4-8-22-13-12-20-6-2-14-30-28(20)31-22/h1,9,11-13,21,25H,2-8,10,14-19H2,(H,30,31)(H,32,36)(H,34,35)/t21-,25+/m1/s1. The Kier molecular flexibility index (Phi) is 8.24. The second-order valence-corrected chi connectivity index (χ2v) is 10.5. The Morgan fingerprint density at radius 3 is 3.00 bits per heavy atom. The number of benzene rings is 1. The molecule has 0 spiro atoms. The summed E-state index contributed by atoms with van der Waals surface area (Å²) in [4.78, 5) is 32.2. The Morgan fingerprint density at radius 2 is 2.11 bits per heavy atom. The molecule has 1 fully saturated rings. The summed E-state index contributed by atoms with van der Waals surface area (Å²) < 4.78 is 5.78. The van der Waals surface area contributed by atoms with E-state index in [1.807, 2.05) is 18.2 Å². The summed E-state index contributed by atoms with van der Waals surface area (Å²) in [5.74, 6) is 0.748. The maximum absolute atomic E-state index is 13.3. The number of nitrogens with zero attached hydrogens (tertiary/aromatic N) is 2. The lowest BCUT2D eigenvalue weighted by Gasteiger charge is -2.33. The molecular weight excluding hydrogens is 468 g/mol. The molecular formula is C29H38N4O4. The number of carbonyl (C=O) groups is 2. The van der Waals surface area contributed by atoms with E-state index in [9.17, 15) is 14.7 Å². The van der Waals surface area contributed by atoms with E-state index in [2.05, 4.69) is 27.7 Å².